The van der Waals surface area contributed by atoms with Gasteiger partial charge in [-0.15, -0.1) is 10.2 Å². The van der Waals surface area contributed by atoms with Crippen molar-refractivity contribution in [3.8, 4) is 0 Å². The second kappa shape index (κ2) is 6.75. The monoisotopic (exact) mass is 330 g/mol. The normalized spacial score (nSPS) is 15.7. The zero-order chi connectivity index (χ0) is 17.3. The lowest BCUT2D eigenvalue weighted by Crippen LogP contribution is -2.30. The smallest absolute Gasteiger partial charge is 0.225 e. The van der Waals surface area contributed by atoms with Crippen molar-refractivity contribution >= 4 is 5.91 Å². The van der Waals surface area contributed by atoms with E-state index in [9.17, 15) is 4.79 Å². The summed E-state index contributed by atoms with van der Waals surface area (Å²) in [5, 5.41) is 16.1. The van der Waals surface area contributed by atoms with Gasteiger partial charge < -0.3 is 9.88 Å². The number of hydrogen-bond donors (Lipinski definition) is 1. The van der Waals surface area contributed by atoms with Crippen LogP contribution in [-0.2, 0) is 31.2 Å². The summed E-state index contributed by atoms with van der Waals surface area (Å²) in [4.78, 5) is 12.5. The first-order valence-corrected chi connectivity index (χ1v) is 8.67. The quantitative estimate of drug-likeness (QED) is 0.927. The molecule has 1 atom stereocenters. The molecule has 3 heterocycles. The number of amides is 1. The zero-order valence-electron chi connectivity index (χ0n) is 15.0. The molecule has 0 aliphatic carbocycles. The van der Waals surface area contributed by atoms with Crippen molar-refractivity contribution in [2.75, 3.05) is 0 Å². The first-order valence-electron chi connectivity index (χ1n) is 8.67. The molecule has 3 rings (SSSR count). The molecule has 130 valence electrons. The Labute approximate surface area is 142 Å². The number of rotatable bonds is 4. The number of nitrogens with zero attached hydrogens (tertiary/aromatic N) is 5. The molecule has 1 amide bonds. The molecule has 1 aliphatic rings. The van der Waals surface area contributed by atoms with Crippen LogP contribution in [0.25, 0.3) is 0 Å². The van der Waals surface area contributed by atoms with Crippen molar-refractivity contribution in [2.24, 2.45) is 7.05 Å². The number of aromatic nitrogens is 5. The van der Waals surface area contributed by atoms with Gasteiger partial charge in [0, 0.05) is 31.3 Å². The Kier molecular flexibility index (Phi) is 4.69. The molecule has 0 aromatic carbocycles. The van der Waals surface area contributed by atoms with E-state index in [4.69, 9.17) is 0 Å². The number of hydrogen-bond acceptors (Lipinski definition) is 4. The molecule has 1 N–H and O–H groups in total. The lowest BCUT2D eigenvalue weighted by atomic mass is 10.1. The van der Waals surface area contributed by atoms with Crippen LogP contribution in [0.5, 0.6) is 0 Å². The molecule has 0 bridgehead atoms. The van der Waals surface area contributed by atoms with E-state index in [1.165, 1.54) is 12.8 Å². The van der Waals surface area contributed by atoms with Crippen LogP contribution in [0.3, 0.4) is 0 Å². The molecular weight excluding hydrogens is 304 g/mol. The van der Waals surface area contributed by atoms with Gasteiger partial charge in [0.2, 0.25) is 5.91 Å². The van der Waals surface area contributed by atoms with E-state index < -0.39 is 0 Å². The third-order valence-corrected chi connectivity index (χ3v) is 4.90. The van der Waals surface area contributed by atoms with E-state index in [1.807, 2.05) is 32.5 Å². The minimum absolute atomic E-state index is 0.00679. The zero-order valence-corrected chi connectivity index (χ0v) is 15.0. The van der Waals surface area contributed by atoms with Crippen LogP contribution in [0.2, 0.25) is 0 Å². The van der Waals surface area contributed by atoms with Gasteiger partial charge >= 0.3 is 0 Å². The first kappa shape index (κ1) is 16.7. The minimum Gasteiger partial charge on any atom is -0.346 e. The minimum atomic E-state index is -0.144. The van der Waals surface area contributed by atoms with Gasteiger partial charge in [-0.05, 0) is 33.6 Å². The fraction of sp³-hybridized carbons (Fsp3) is 0.647. The lowest BCUT2D eigenvalue weighted by molar-refractivity contribution is -0.121. The number of nitrogens with one attached hydrogen (secondary N) is 1. The predicted octanol–water partition coefficient (Wildman–Crippen LogP) is 1.77. The average Bonchev–Trinajstić information content (AvgIpc) is 2.93. The second-order valence-electron chi connectivity index (χ2n) is 6.68. The molecular formula is C17H26N6O. The topological polar surface area (TPSA) is 77.6 Å². The third kappa shape index (κ3) is 3.20. The van der Waals surface area contributed by atoms with Crippen molar-refractivity contribution < 1.29 is 4.79 Å². The largest absolute Gasteiger partial charge is 0.346 e. The molecule has 7 heteroatoms. The summed E-state index contributed by atoms with van der Waals surface area (Å²) >= 11 is 0. The Morgan fingerprint density at radius 2 is 2.04 bits per heavy atom. The maximum Gasteiger partial charge on any atom is 0.225 e. The van der Waals surface area contributed by atoms with E-state index in [1.54, 1.807) is 0 Å². The average molecular weight is 330 g/mol. The highest BCUT2D eigenvalue weighted by atomic mass is 16.1. The van der Waals surface area contributed by atoms with Crippen LogP contribution in [0.15, 0.2) is 0 Å². The standard InChI is InChI=1S/C17H26N6O/c1-11-14(13(3)22(4)21-11)10-16(24)18-12(2)17-20-19-15-8-6-5-7-9-23(15)17/h12H,5-10H2,1-4H3,(H,18,24)/t12-/m1/s1. The Hall–Kier alpha value is -2.18. The highest BCUT2D eigenvalue weighted by Gasteiger charge is 2.21. The van der Waals surface area contributed by atoms with Crippen LogP contribution >= 0.6 is 0 Å². The van der Waals surface area contributed by atoms with Crippen LogP contribution < -0.4 is 5.32 Å². The van der Waals surface area contributed by atoms with Crippen LogP contribution in [0.1, 0.15) is 60.8 Å². The SMILES string of the molecule is Cc1nn(C)c(C)c1CC(=O)N[C@H](C)c1nnc2n1CCCCC2. The van der Waals surface area contributed by atoms with Crippen LogP contribution in [0, 0.1) is 13.8 Å². The molecule has 0 saturated heterocycles. The Morgan fingerprint density at radius 3 is 2.75 bits per heavy atom. The summed E-state index contributed by atoms with van der Waals surface area (Å²) in [7, 11) is 1.90. The van der Waals surface area contributed by atoms with E-state index in [2.05, 4.69) is 25.2 Å². The maximum atomic E-state index is 12.5. The fourth-order valence-corrected chi connectivity index (χ4v) is 3.42. The molecule has 1 aliphatic heterocycles. The molecule has 2 aromatic heterocycles. The number of fused-ring (bicyclic) bond motifs is 1. The highest BCUT2D eigenvalue weighted by molar-refractivity contribution is 5.79. The summed E-state index contributed by atoms with van der Waals surface area (Å²) in [6, 6.07) is -0.144. The molecule has 0 unspecified atom stereocenters. The van der Waals surface area contributed by atoms with Gasteiger partial charge in [0.25, 0.3) is 0 Å². The van der Waals surface area contributed by atoms with Gasteiger partial charge in [0.05, 0.1) is 18.2 Å². The van der Waals surface area contributed by atoms with Gasteiger partial charge in [0.15, 0.2) is 5.82 Å². The van der Waals surface area contributed by atoms with E-state index in [-0.39, 0.29) is 11.9 Å². The Bertz CT molecular complexity index is 745. The van der Waals surface area contributed by atoms with Crippen molar-refractivity contribution in [3.63, 3.8) is 0 Å². The molecule has 7 nitrogen and oxygen atoms in total. The van der Waals surface area contributed by atoms with E-state index in [0.29, 0.717) is 6.42 Å². The summed E-state index contributed by atoms with van der Waals surface area (Å²) in [6.07, 6.45) is 4.85. The summed E-state index contributed by atoms with van der Waals surface area (Å²) in [5.74, 6) is 1.90. The summed E-state index contributed by atoms with van der Waals surface area (Å²) in [5.41, 5.74) is 2.95. The van der Waals surface area contributed by atoms with Gasteiger partial charge in [-0.2, -0.15) is 5.10 Å². The maximum absolute atomic E-state index is 12.5. The van der Waals surface area contributed by atoms with Gasteiger partial charge in [0.1, 0.15) is 5.82 Å². The van der Waals surface area contributed by atoms with Gasteiger partial charge in [-0.1, -0.05) is 6.42 Å². The number of carbonyl (C=O) groups excluding carboxylic acids is 1. The summed E-state index contributed by atoms with van der Waals surface area (Å²) < 4.78 is 4.00. The molecule has 2 aromatic rings. The van der Waals surface area contributed by atoms with Crippen molar-refractivity contribution in [1.29, 1.82) is 0 Å². The molecule has 24 heavy (non-hydrogen) atoms. The van der Waals surface area contributed by atoms with E-state index in [0.717, 1.165) is 48.0 Å². The van der Waals surface area contributed by atoms with E-state index >= 15 is 0 Å². The number of aryl methyl sites for hydroxylation is 3. The van der Waals surface area contributed by atoms with Gasteiger partial charge in [-0.25, -0.2) is 0 Å². The van der Waals surface area contributed by atoms with Crippen LogP contribution in [-0.4, -0.2) is 30.5 Å². The molecule has 0 spiro atoms. The molecule has 0 radical (unpaired) electrons. The fourth-order valence-electron chi connectivity index (χ4n) is 3.42. The second-order valence-corrected chi connectivity index (χ2v) is 6.68. The Morgan fingerprint density at radius 1 is 1.25 bits per heavy atom. The van der Waals surface area contributed by atoms with Crippen LogP contribution in [0.4, 0.5) is 0 Å². The van der Waals surface area contributed by atoms with Crippen molar-refractivity contribution in [3.05, 3.63) is 28.6 Å². The third-order valence-electron chi connectivity index (χ3n) is 4.90. The van der Waals surface area contributed by atoms with Crippen molar-refractivity contribution in [1.82, 2.24) is 29.9 Å². The number of carbonyl (C=O) groups is 1. The molecule has 0 saturated carbocycles. The lowest BCUT2D eigenvalue weighted by Gasteiger charge is -2.15. The Balaban J connectivity index is 1.69. The van der Waals surface area contributed by atoms with Gasteiger partial charge in [-0.3, -0.25) is 9.48 Å². The molecule has 0 fully saturated rings. The summed E-state index contributed by atoms with van der Waals surface area (Å²) in [6.45, 7) is 6.85. The first-order chi connectivity index (χ1) is 11.5. The predicted molar refractivity (Wildman–Crippen MR) is 90.5 cm³/mol. The van der Waals surface area contributed by atoms with Crippen molar-refractivity contribution in [2.45, 2.75) is 65.5 Å². The highest BCUT2D eigenvalue weighted by Crippen LogP contribution is 2.19.